The maximum absolute atomic E-state index is 8.71. The van der Waals surface area contributed by atoms with Crippen LogP contribution in [0.5, 0.6) is 0 Å². The van der Waals surface area contributed by atoms with E-state index in [2.05, 4.69) is 35.3 Å². The standard InChI is InChI=1S/C14H21N3/c1-13(11-16-2)12-17(10-6-9-15)14-7-4-3-5-8-14/h3-5,7-8,13,16H,6,10-12H2,1-2H3. The highest BCUT2D eigenvalue weighted by Gasteiger charge is 2.10. The molecule has 0 aromatic heterocycles. The normalized spacial score (nSPS) is 11.8. The lowest BCUT2D eigenvalue weighted by molar-refractivity contribution is 0.530. The van der Waals surface area contributed by atoms with Crippen molar-refractivity contribution in [3.8, 4) is 6.07 Å². The number of nitrogens with zero attached hydrogens (tertiary/aromatic N) is 2. The minimum Gasteiger partial charge on any atom is -0.370 e. The van der Waals surface area contributed by atoms with Crippen LogP contribution in [-0.2, 0) is 0 Å². The van der Waals surface area contributed by atoms with Crippen LogP contribution in [0.4, 0.5) is 5.69 Å². The van der Waals surface area contributed by atoms with E-state index < -0.39 is 0 Å². The lowest BCUT2D eigenvalue weighted by Gasteiger charge is -2.27. The Kier molecular flexibility index (Phi) is 6.13. The van der Waals surface area contributed by atoms with Crippen LogP contribution in [0.3, 0.4) is 0 Å². The Hall–Kier alpha value is -1.53. The predicted molar refractivity (Wildman–Crippen MR) is 72.0 cm³/mol. The third-order valence-corrected chi connectivity index (χ3v) is 2.70. The quantitative estimate of drug-likeness (QED) is 0.782. The van der Waals surface area contributed by atoms with Gasteiger partial charge in [-0.25, -0.2) is 0 Å². The summed E-state index contributed by atoms with van der Waals surface area (Å²) in [4.78, 5) is 2.28. The first-order valence-electron chi connectivity index (χ1n) is 6.09. The molecule has 0 spiro atoms. The molecule has 0 amide bonds. The molecule has 0 bridgehead atoms. The summed E-state index contributed by atoms with van der Waals surface area (Å²) < 4.78 is 0. The lowest BCUT2D eigenvalue weighted by Crippen LogP contribution is -2.33. The molecule has 0 aliphatic rings. The Labute approximate surface area is 104 Å². The Morgan fingerprint density at radius 1 is 1.35 bits per heavy atom. The Bertz CT molecular complexity index is 342. The van der Waals surface area contributed by atoms with Gasteiger partial charge in [-0.15, -0.1) is 0 Å². The van der Waals surface area contributed by atoms with Gasteiger partial charge in [0, 0.05) is 18.8 Å². The first-order valence-corrected chi connectivity index (χ1v) is 6.09. The largest absolute Gasteiger partial charge is 0.370 e. The summed E-state index contributed by atoms with van der Waals surface area (Å²) in [5.41, 5.74) is 1.20. The van der Waals surface area contributed by atoms with Crippen LogP contribution in [0.15, 0.2) is 30.3 Å². The smallest absolute Gasteiger partial charge is 0.0640 e. The van der Waals surface area contributed by atoms with Gasteiger partial charge in [0.25, 0.3) is 0 Å². The molecule has 1 aromatic carbocycles. The van der Waals surface area contributed by atoms with E-state index in [0.717, 1.165) is 19.6 Å². The molecule has 0 saturated heterocycles. The number of benzene rings is 1. The van der Waals surface area contributed by atoms with E-state index in [1.807, 2.05) is 25.2 Å². The highest BCUT2D eigenvalue weighted by Crippen LogP contribution is 2.15. The summed E-state index contributed by atoms with van der Waals surface area (Å²) in [6.45, 7) is 5.00. The van der Waals surface area contributed by atoms with Crippen LogP contribution >= 0.6 is 0 Å². The first kappa shape index (κ1) is 13.5. The zero-order valence-corrected chi connectivity index (χ0v) is 10.7. The van der Waals surface area contributed by atoms with E-state index in [9.17, 15) is 0 Å². The average Bonchev–Trinajstić information content (AvgIpc) is 2.36. The molecule has 3 heteroatoms. The van der Waals surface area contributed by atoms with Gasteiger partial charge >= 0.3 is 0 Å². The molecule has 1 rings (SSSR count). The maximum atomic E-state index is 8.71. The SMILES string of the molecule is CNCC(C)CN(CCC#N)c1ccccc1. The molecule has 17 heavy (non-hydrogen) atoms. The van der Waals surface area contributed by atoms with Crippen LogP contribution in [0.2, 0.25) is 0 Å². The second-order valence-electron chi connectivity index (χ2n) is 4.35. The van der Waals surface area contributed by atoms with E-state index in [-0.39, 0.29) is 0 Å². The molecule has 1 N–H and O–H groups in total. The molecule has 1 atom stereocenters. The molecule has 0 saturated carbocycles. The zero-order valence-electron chi connectivity index (χ0n) is 10.7. The minimum atomic E-state index is 0.568. The molecular weight excluding hydrogens is 210 g/mol. The molecule has 0 aliphatic heterocycles. The Morgan fingerprint density at radius 2 is 2.06 bits per heavy atom. The van der Waals surface area contributed by atoms with Gasteiger partial charge in [-0.05, 0) is 31.6 Å². The second kappa shape index (κ2) is 7.70. The number of hydrogen-bond acceptors (Lipinski definition) is 3. The number of rotatable bonds is 7. The van der Waals surface area contributed by atoms with Crippen molar-refractivity contribution in [1.29, 1.82) is 5.26 Å². The predicted octanol–water partition coefficient (Wildman–Crippen LogP) is 2.26. The maximum Gasteiger partial charge on any atom is 0.0640 e. The molecule has 0 radical (unpaired) electrons. The number of nitrogens with one attached hydrogen (secondary N) is 1. The fourth-order valence-corrected chi connectivity index (χ4v) is 1.94. The third kappa shape index (κ3) is 4.88. The monoisotopic (exact) mass is 231 g/mol. The number of para-hydroxylation sites is 1. The van der Waals surface area contributed by atoms with Crippen molar-refractivity contribution in [2.24, 2.45) is 5.92 Å². The highest BCUT2D eigenvalue weighted by atomic mass is 15.1. The number of nitriles is 1. The van der Waals surface area contributed by atoms with Gasteiger partial charge in [-0.2, -0.15) is 5.26 Å². The van der Waals surface area contributed by atoms with E-state index >= 15 is 0 Å². The van der Waals surface area contributed by atoms with Crippen LogP contribution in [0.1, 0.15) is 13.3 Å². The van der Waals surface area contributed by atoms with Gasteiger partial charge in [0.15, 0.2) is 0 Å². The van der Waals surface area contributed by atoms with Crippen LogP contribution in [0.25, 0.3) is 0 Å². The van der Waals surface area contributed by atoms with E-state index in [1.165, 1.54) is 5.69 Å². The van der Waals surface area contributed by atoms with E-state index in [1.54, 1.807) is 0 Å². The summed E-state index contributed by atoms with van der Waals surface area (Å²) in [5, 5.41) is 11.9. The summed E-state index contributed by atoms with van der Waals surface area (Å²) >= 11 is 0. The van der Waals surface area contributed by atoms with Gasteiger partial charge in [-0.1, -0.05) is 25.1 Å². The van der Waals surface area contributed by atoms with Crippen molar-refractivity contribution in [1.82, 2.24) is 5.32 Å². The molecule has 1 unspecified atom stereocenters. The van der Waals surface area contributed by atoms with Gasteiger partial charge < -0.3 is 10.2 Å². The van der Waals surface area contributed by atoms with Gasteiger partial charge in [0.1, 0.15) is 0 Å². The van der Waals surface area contributed by atoms with Crippen LogP contribution in [0, 0.1) is 17.2 Å². The van der Waals surface area contributed by atoms with Crippen molar-refractivity contribution in [3.63, 3.8) is 0 Å². The van der Waals surface area contributed by atoms with Crippen LogP contribution < -0.4 is 10.2 Å². The van der Waals surface area contributed by atoms with Crippen molar-refractivity contribution < 1.29 is 0 Å². The second-order valence-corrected chi connectivity index (χ2v) is 4.35. The molecule has 0 aliphatic carbocycles. The Balaban J connectivity index is 2.64. The minimum absolute atomic E-state index is 0.568. The Morgan fingerprint density at radius 3 is 2.65 bits per heavy atom. The van der Waals surface area contributed by atoms with Gasteiger partial charge in [-0.3, -0.25) is 0 Å². The highest BCUT2D eigenvalue weighted by molar-refractivity contribution is 5.46. The number of anilines is 1. The first-order chi connectivity index (χ1) is 8.27. The van der Waals surface area contributed by atoms with E-state index in [0.29, 0.717) is 12.3 Å². The summed E-state index contributed by atoms with van der Waals surface area (Å²) in [6.07, 6.45) is 0.571. The van der Waals surface area contributed by atoms with E-state index in [4.69, 9.17) is 5.26 Å². The van der Waals surface area contributed by atoms with Gasteiger partial charge in [0.05, 0.1) is 12.5 Å². The average molecular weight is 231 g/mol. The van der Waals surface area contributed by atoms with Crippen molar-refractivity contribution in [3.05, 3.63) is 30.3 Å². The summed E-state index contributed by atoms with van der Waals surface area (Å²) in [5.74, 6) is 0.568. The molecule has 0 fully saturated rings. The number of hydrogen-bond donors (Lipinski definition) is 1. The zero-order chi connectivity index (χ0) is 12.5. The molecule has 3 nitrogen and oxygen atoms in total. The fraction of sp³-hybridized carbons (Fsp3) is 0.500. The lowest BCUT2D eigenvalue weighted by atomic mass is 10.1. The topological polar surface area (TPSA) is 39.1 Å². The van der Waals surface area contributed by atoms with Crippen LogP contribution in [-0.4, -0.2) is 26.7 Å². The molecular formula is C14H21N3. The van der Waals surface area contributed by atoms with Crippen molar-refractivity contribution >= 4 is 5.69 Å². The van der Waals surface area contributed by atoms with Crippen molar-refractivity contribution in [2.45, 2.75) is 13.3 Å². The third-order valence-electron chi connectivity index (χ3n) is 2.70. The molecule has 92 valence electrons. The molecule has 0 heterocycles. The fourth-order valence-electron chi connectivity index (χ4n) is 1.94. The molecule has 1 aromatic rings. The van der Waals surface area contributed by atoms with Gasteiger partial charge in [0.2, 0.25) is 0 Å². The summed E-state index contributed by atoms with van der Waals surface area (Å²) in [7, 11) is 1.97. The van der Waals surface area contributed by atoms with Crippen molar-refractivity contribution in [2.75, 3.05) is 31.6 Å². The summed E-state index contributed by atoms with van der Waals surface area (Å²) in [6, 6.07) is 12.5.